The number of nitrogen functional groups attached to an aromatic ring is 1. The van der Waals surface area contributed by atoms with Gasteiger partial charge in [-0.1, -0.05) is 31.0 Å². The lowest BCUT2D eigenvalue weighted by molar-refractivity contribution is 0.515. The fourth-order valence-corrected chi connectivity index (χ4v) is 3.49. The average molecular weight is 288 g/mol. The number of halogens is 1. The highest BCUT2D eigenvalue weighted by molar-refractivity contribution is 9.10. The lowest BCUT2D eigenvalue weighted by atomic mass is 10.0. The first-order valence-corrected chi connectivity index (χ1v) is 6.88. The number of hydrogen-bond donors (Lipinski definition) is 1. The van der Waals surface area contributed by atoms with Crippen LogP contribution in [0.2, 0.25) is 0 Å². The Kier molecular flexibility index (Phi) is 3.86. The molecule has 0 saturated heterocycles. The number of anilines is 1. The molecule has 2 N–H and O–H groups in total. The van der Waals surface area contributed by atoms with Gasteiger partial charge in [-0.25, -0.2) is 9.97 Å². The highest BCUT2D eigenvalue weighted by atomic mass is 79.9. The van der Waals surface area contributed by atoms with Crippen LogP contribution in [0.1, 0.15) is 32.1 Å². The van der Waals surface area contributed by atoms with Crippen molar-refractivity contribution in [2.45, 2.75) is 42.5 Å². The number of nitrogens with two attached hydrogens (primary N) is 1. The highest BCUT2D eigenvalue weighted by Crippen LogP contribution is 2.32. The normalized spacial score (nSPS) is 17.9. The summed E-state index contributed by atoms with van der Waals surface area (Å²) in [5.41, 5.74) is 5.67. The van der Waals surface area contributed by atoms with Crippen molar-refractivity contribution in [3.05, 3.63) is 10.7 Å². The molecule has 2 rings (SSSR count). The van der Waals surface area contributed by atoms with Crippen molar-refractivity contribution in [1.29, 1.82) is 0 Å². The molecule has 1 saturated carbocycles. The smallest absolute Gasteiger partial charge is 0.190 e. The van der Waals surface area contributed by atoms with Crippen LogP contribution >= 0.6 is 27.7 Å². The second kappa shape index (κ2) is 5.16. The zero-order valence-electron chi connectivity index (χ0n) is 8.45. The molecule has 3 nitrogen and oxygen atoms in total. The minimum atomic E-state index is 0.537. The first kappa shape index (κ1) is 11.2. The van der Waals surface area contributed by atoms with Gasteiger partial charge in [-0.2, -0.15) is 0 Å². The Morgan fingerprint density at radius 1 is 1.27 bits per heavy atom. The van der Waals surface area contributed by atoms with Crippen molar-refractivity contribution < 1.29 is 0 Å². The van der Waals surface area contributed by atoms with Gasteiger partial charge in [-0.05, 0) is 28.8 Å². The van der Waals surface area contributed by atoms with Gasteiger partial charge in [0.25, 0.3) is 0 Å². The van der Waals surface area contributed by atoms with Crippen LogP contribution in [0.5, 0.6) is 0 Å². The van der Waals surface area contributed by atoms with Crippen molar-refractivity contribution in [3.63, 3.8) is 0 Å². The van der Waals surface area contributed by atoms with Crippen LogP contribution in [-0.2, 0) is 0 Å². The van der Waals surface area contributed by atoms with Gasteiger partial charge in [0.1, 0.15) is 10.4 Å². The summed E-state index contributed by atoms with van der Waals surface area (Å²) in [7, 11) is 0. The molecular weight excluding hydrogens is 274 g/mol. The molecule has 82 valence electrons. The molecular formula is C10H14BrN3S. The number of rotatable bonds is 2. The third-order valence-electron chi connectivity index (χ3n) is 2.52. The molecule has 1 heterocycles. The monoisotopic (exact) mass is 287 g/mol. The largest absolute Gasteiger partial charge is 0.384 e. The summed E-state index contributed by atoms with van der Waals surface area (Å²) in [4.78, 5) is 8.54. The molecule has 0 aliphatic heterocycles. The molecule has 0 bridgehead atoms. The van der Waals surface area contributed by atoms with E-state index in [0.29, 0.717) is 11.1 Å². The van der Waals surface area contributed by atoms with E-state index in [1.165, 1.54) is 32.1 Å². The van der Waals surface area contributed by atoms with Gasteiger partial charge >= 0.3 is 0 Å². The number of hydrogen-bond acceptors (Lipinski definition) is 4. The Labute approximate surface area is 102 Å². The van der Waals surface area contributed by atoms with E-state index in [2.05, 4.69) is 25.9 Å². The second-order valence-corrected chi connectivity index (χ2v) is 5.86. The molecule has 1 fully saturated rings. The van der Waals surface area contributed by atoms with Gasteiger partial charge in [0, 0.05) is 11.3 Å². The van der Waals surface area contributed by atoms with Crippen molar-refractivity contribution in [3.8, 4) is 0 Å². The highest BCUT2D eigenvalue weighted by Gasteiger charge is 2.16. The minimum Gasteiger partial charge on any atom is -0.384 e. The molecule has 0 atom stereocenters. The van der Waals surface area contributed by atoms with Crippen LogP contribution in [0.4, 0.5) is 5.82 Å². The number of aromatic nitrogens is 2. The maximum Gasteiger partial charge on any atom is 0.190 e. The molecule has 1 aromatic heterocycles. The quantitative estimate of drug-likeness (QED) is 0.670. The third kappa shape index (κ3) is 3.34. The van der Waals surface area contributed by atoms with E-state index in [9.17, 15) is 0 Å². The van der Waals surface area contributed by atoms with Crippen LogP contribution in [0.3, 0.4) is 0 Å². The van der Waals surface area contributed by atoms with E-state index in [-0.39, 0.29) is 0 Å². The van der Waals surface area contributed by atoms with E-state index in [0.717, 1.165) is 9.76 Å². The van der Waals surface area contributed by atoms with Gasteiger partial charge < -0.3 is 5.73 Å². The topological polar surface area (TPSA) is 51.8 Å². The Morgan fingerprint density at radius 3 is 2.67 bits per heavy atom. The Hall–Kier alpha value is -0.290. The van der Waals surface area contributed by atoms with E-state index < -0.39 is 0 Å². The lowest BCUT2D eigenvalue weighted by Crippen LogP contribution is -2.09. The summed E-state index contributed by atoms with van der Waals surface area (Å²) in [6.07, 6.45) is 6.60. The van der Waals surface area contributed by atoms with E-state index in [1.54, 1.807) is 17.8 Å². The predicted molar refractivity (Wildman–Crippen MR) is 66.9 cm³/mol. The van der Waals surface area contributed by atoms with Gasteiger partial charge in [-0.15, -0.1) is 0 Å². The van der Waals surface area contributed by atoms with E-state index in [1.807, 2.05) is 0 Å². The number of thioether (sulfide) groups is 1. The number of nitrogens with zero attached hydrogens (tertiary/aromatic N) is 2. The van der Waals surface area contributed by atoms with E-state index in [4.69, 9.17) is 5.73 Å². The van der Waals surface area contributed by atoms with Crippen LogP contribution in [0.25, 0.3) is 0 Å². The maximum atomic E-state index is 5.67. The predicted octanol–water partition coefficient (Wildman–Crippen LogP) is 3.25. The third-order valence-corrected chi connectivity index (χ3v) is 4.12. The summed E-state index contributed by atoms with van der Waals surface area (Å²) in [6, 6.07) is 1.73. The van der Waals surface area contributed by atoms with Gasteiger partial charge in [0.15, 0.2) is 5.16 Å². The van der Waals surface area contributed by atoms with Crippen LogP contribution < -0.4 is 5.73 Å². The summed E-state index contributed by atoms with van der Waals surface area (Å²) in [6.45, 7) is 0. The first-order chi connectivity index (χ1) is 7.24. The molecule has 0 amide bonds. The molecule has 1 aliphatic rings. The Balaban J connectivity index is 2.02. The molecule has 0 spiro atoms. The first-order valence-electron chi connectivity index (χ1n) is 5.21. The zero-order valence-corrected chi connectivity index (χ0v) is 10.9. The summed E-state index contributed by atoms with van der Waals surface area (Å²) < 4.78 is 0.772. The Morgan fingerprint density at radius 2 is 2.00 bits per heavy atom. The van der Waals surface area contributed by atoms with Crippen molar-refractivity contribution >= 4 is 33.5 Å². The average Bonchev–Trinajstić information content (AvgIpc) is 2.17. The fraction of sp³-hybridized carbons (Fsp3) is 0.600. The van der Waals surface area contributed by atoms with Crippen LogP contribution in [-0.4, -0.2) is 15.2 Å². The maximum absolute atomic E-state index is 5.67. The molecule has 0 radical (unpaired) electrons. The lowest BCUT2D eigenvalue weighted by Gasteiger charge is -2.19. The van der Waals surface area contributed by atoms with Crippen molar-refractivity contribution in [2.75, 3.05) is 5.73 Å². The molecule has 1 aliphatic carbocycles. The summed E-state index contributed by atoms with van der Waals surface area (Å²) in [5, 5.41) is 1.47. The fourth-order valence-electron chi connectivity index (χ4n) is 1.80. The molecule has 0 unspecified atom stereocenters. The van der Waals surface area contributed by atoms with Gasteiger partial charge in [0.05, 0.1) is 0 Å². The van der Waals surface area contributed by atoms with Gasteiger partial charge in [-0.3, -0.25) is 0 Å². The van der Waals surface area contributed by atoms with Crippen molar-refractivity contribution in [2.24, 2.45) is 0 Å². The zero-order chi connectivity index (χ0) is 10.7. The SMILES string of the molecule is Nc1cc(Br)nc(SC2CCCCC2)n1. The van der Waals surface area contributed by atoms with E-state index >= 15 is 0 Å². The van der Waals surface area contributed by atoms with Crippen molar-refractivity contribution in [1.82, 2.24) is 9.97 Å². The molecule has 5 heteroatoms. The minimum absolute atomic E-state index is 0.537. The summed E-state index contributed by atoms with van der Waals surface area (Å²) in [5.74, 6) is 0.537. The molecule has 0 aromatic carbocycles. The Bertz CT molecular complexity index is 319. The molecule has 15 heavy (non-hydrogen) atoms. The summed E-state index contributed by atoms with van der Waals surface area (Å²) >= 11 is 5.09. The van der Waals surface area contributed by atoms with Crippen LogP contribution in [0.15, 0.2) is 15.8 Å². The van der Waals surface area contributed by atoms with Gasteiger partial charge in [0.2, 0.25) is 0 Å². The molecule has 1 aromatic rings. The van der Waals surface area contributed by atoms with Crippen LogP contribution in [0, 0.1) is 0 Å². The standard InChI is InChI=1S/C10H14BrN3S/c11-8-6-9(12)14-10(13-8)15-7-4-2-1-3-5-7/h6-7H,1-5H2,(H2,12,13,14). The second-order valence-electron chi connectivity index (χ2n) is 3.78.